The van der Waals surface area contributed by atoms with Crippen molar-refractivity contribution in [2.75, 3.05) is 24.5 Å². The molecule has 1 amide bonds. The van der Waals surface area contributed by atoms with Crippen LogP contribution in [0.1, 0.15) is 95.3 Å². The molecule has 2 aliphatic carbocycles. The summed E-state index contributed by atoms with van der Waals surface area (Å²) in [6.45, 7) is 12.7. The first kappa shape index (κ1) is 28.1. The molecule has 3 aromatic rings. The van der Waals surface area contributed by atoms with Gasteiger partial charge < -0.3 is 14.5 Å². The lowest BCUT2D eigenvalue weighted by molar-refractivity contribution is 0.0134. The van der Waals surface area contributed by atoms with E-state index in [1.54, 1.807) is 11.3 Å². The Morgan fingerprint density at radius 1 is 1.05 bits per heavy atom. The molecule has 0 unspecified atom stereocenters. The van der Waals surface area contributed by atoms with Gasteiger partial charge in [0.1, 0.15) is 15.6 Å². The van der Waals surface area contributed by atoms with Crippen molar-refractivity contribution >= 4 is 23.1 Å². The standard InChI is InChI=1S/C32H42N6O2S/c1-31(2,3)40-30(39)38(19-21-8-9-21)26-7-6-14-37(20-26)25-12-13-27(34-18-25)32(4,5)29-36-35-28(41-29)24-15-23(16-33-17-24)22-10-11-22/h12-13,15-18,21-22,26H,6-11,14,19-20H2,1-5H3/t26-/m1/s1. The number of anilines is 1. The third kappa shape index (κ3) is 6.55. The second-order valence-electron chi connectivity index (χ2n) is 13.5. The highest BCUT2D eigenvalue weighted by atomic mass is 32.1. The first-order valence-corrected chi connectivity index (χ1v) is 15.9. The maximum Gasteiger partial charge on any atom is 0.410 e. The number of carbonyl (C=O) groups excluding carboxylic acids is 1. The van der Waals surface area contributed by atoms with E-state index in [9.17, 15) is 4.79 Å². The largest absolute Gasteiger partial charge is 0.444 e. The smallest absolute Gasteiger partial charge is 0.410 e. The zero-order valence-corrected chi connectivity index (χ0v) is 25.8. The molecule has 6 rings (SSSR count). The van der Waals surface area contributed by atoms with Gasteiger partial charge in [0.05, 0.1) is 29.0 Å². The van der Waals surface area contributed by atoms with Crippen molar-refractivity contribution in [3.8, 4) is 10.6 Å². The van der Waals surface area contributed by atoms with E-state index in [4.69, 9.17) is 9.72 Å². The summed E-state index contributed by atoms with van der Waals surface area (Å²) in [7, 11) is 0. The van der Waals surface area contributed by atoms with Gasteiger partial charge in [-0.15, -0.1) is 10.2 Å². The highest BCUT2D eigenvalue weighted by molar-refractivity contribution is 7.14. The molecule has 8 nitrogen and oxygen atoms in total. The van der Waals surface area contributed by atoms with E-state index in [1.807, 2.05) is 44.3 Å². The molecule has 1 saturated heterocycles. The van der Waals surface area contributed by atoms with Gasteiger partial charge in [-0.25, -0.2) is 4.79 Å². The molecule has 1 atom stereocenters. The topological polar surface area (TPSA) is 84.3 Å². The first-order valence-electron chi connectivity index (χ1n) is 15.1. The number of amides is 1. The third-order valence-electron chi connectivity index (χ3n) is 8.39. The summed E-state index contributed by atoms with van der Waals surface area (Å²) >= 11 is 1.62. The number of hydrogen-bond donors (Lipinski definition) is 0. The van der Waals surface area contributed by atoms with Crippen LogP contribution in [-0.4, -0.2) is 62.4 Å². The third-order valence-corrected chi connectivity index (χ3v) is 9.68. The van der Waals surface area contributed by atoms with E-state index < -0.39 is 5.60 Å². The van der Waals surface area contributed by atoms with E-state index in [2.05, 4.69) is 52.1 Å². The minimum atomic E-state index is -0.495. The van der Waals surface area contributed by atoms with Crippen molar-refractivity contribution in [3.63, 3.8) is 0 Å². The molecule has 218 valence electrons. The SMILES string of the molecule is CC(C)(C)OC(=O)N(CC1CC1)[C@@H]1CCCN(c2ccc(C(C)(C)c3nnc(-c4cncc(C5CC5)c4)s3)nc2)C1. The van der Waals surface area contributed by atoms with E-state index >= 15 is 0 Å². The van der Waals surface area contributed by atoms with Gasteiger partial charge in [0.25, 0.3) is 0 Å². The number of aromatic nitrogens is 4. The summed E-state index contributed by atoms with van der Waals surface area (Å²) in [4.78, 5) is 26.9. The lowest BCUT2D eigenvalue weighted by Crippen LogP contribution is -2.52. The average Bonchev–Trinajstić information content (AvgIpc) is 3.89. The number of piperidine rings is 1. The van der Waals surface area contributed by atoms with Gasteiger partial charge >= 0.3 is 6.09 Å². The Morgan fingerprint density at radius 2 is 1.85 bits per heavy atom. The van der Waals surface area contributed by atoms with Crippen LogP contribution in [0.25, 0.3) is 10.6 Å². The zero-order valence-electron chi connectivity index (χ0n) is 25.0. The van der Waals surface area contributed by atoms with Crippen molar-refractivity contribution in [1.29, 1.82) is 0 Å². The fourth-order valence-corrected chi connectivity index (χ4v) is 6.51. The van der Waals surface area contributed by atoms with Crippen LogP contribution in [-0.2, 0) is 10.2 Å². The lowest BCUT2D eigenvalue weighted by Gasteiger charge is -2.40. The summed E-state index contributed by atoms with van der Waals surface area (Å²) in [5, 5.41) is 11.0. The van der Waals surface area contributed by atoms with Gasteiger partial charge in [-0.2, -0.15) is 0 Å². The van der Waals surface area contributed by atoms with Crippen LogP contribution >= 0.6 is 11.3 Å². The Labute approximate surface area is 247 Å². The first-order chi connectivity index (χ1) is 19.6. The second kappa shape index (κ2) is 11.0. The van der Waals surface area contributed by atoms with Crippen molar-refractivity contribution in [3.05, 3.63) is 53.1 Å². The number of pyridine rings is 2. The number of nitrogens with zero attached hydrogens (tertiary/aromatic N) is 6. The van der Waals surface area contributed by atoms with Crippen LogP contribution in [0.5, 0.6) is 0 Å². The Balaban J connectivity index is 1.15. The molecule has 41 heavy (non-hydrogen) atoms. The van der Waals surface area contributed by atoms with Gasteiger partial charge in [0.15, 0.2) is 0 Å². The van der Waals surface area contributed by atoms with Crippen molar-refractivity contribution in [2.24, 2.45) is 5.92 Å². The van der Waals surface area contributed by atoms with E-state index in [0.29, 0.717) is 11.8 Å². The maximum absolute atomic E-state index is 13.2. The summed E-state index contributed by atoms with van der Waals surface area (Å²) in [5.74, 6) is 1.27. The Bertz CT molecular complexity index is 1370. The number of rotatable bonds is 8. The molecule has 3 aliphatic rings. The van der Waals surface area contributed by atoms with Crippen molar-refractivity contribution in [2.45, 2.75) is 96.1 Å². The van der Waals surface area contributed by atoms with Crippen LogP contribution in [0.2, 0.25) is 0 Å². The number of hydrogen-bond acceptors (Lipinski definition) is 8. The molecule has 0 aromatic carbocycles. The molecule has 2 saturated carbocycles. The van der Waals surface area contributed by atoms with Gasteiger partial charge in [0, 0.05) is 37.6 Å². The van der Waals surface area contributed by atoms with Crippen LogP contribution in [0.15, 0.2) is 36.8 Å². The number of carbonyl (C=O) groups is 1. The van der Waals surface area contributed by atoms with E-state index in [0.717, 1.165) is 59.4 Å². The summed E-state index contributed by atoms with van der Waals surface area (Å²) < 4.78 is 5.81. The predicted molar refractivity (Wildman–Crippen MR) is 162 cm³/mol. The molecule has 9 heteroatoms. The molecular formula is C32H42N6O2S. The Hall–Kier alpha value is -3.07. The highest BCUT2D eigenvalue weighted by Crippen LogP contribution is 2.42. The molecule has 0 N–H and O–H groups in total. The fraction of sp³-hybridized carbons (Fsp3) is 0.594. The van der Waals surface area contributed by atoms with Crippen molar-refractivity contribution in [1.82, 2.24) is 25.1 Å². The molecule has 0 bridgehead atoms. The Kier molecular flexibility index (Phi) is 7.51. The molecule has 4 heterocycles. The zero-order chi connectivity index (χ0) is 28.8. The summed E-state index contributed by atoms with van der Waals surface area (Å²) in [6.07, 6.45) is 12.6. The normalized spacial score (nSPS) is 19.7. The lowest BCUT2D eigenvalue weighted by atomic mass is 9.89. The molecular weight excluding hydrogens is 532 g/mol. The maximum atomic E-state index is 13.2. The van der Waals surface area contributed by atoms with E-state index in [-0.39, 0.29) is 17.6 Å². The minimum Gasteiger partial charge on any atom is -0.444 e. The van der Waals surface area contributed by atoms with Gasteiger partial charge in [-0.05, 0) is 109 Å². The molecule has 3 aromatic heterocycles. The second-order valence-corrected chi connectivity index (χ2v) is 14.5. The molecule has 0 spiro atoms. The van der Waals surface area contributed by atoms with Crippen LogP contribution in [0, 0.1) is 5.92 Å². The molecule has 3 fully saturated rings. The number of ether oxygens (including phenoxy) is 1. The quantitative estimate of drug-likeness (QED) is 0.292. The van der Waals surface area contributed by atoms with Crippen LogP contribution in [0.4, 0.5) is 10.5 Å². The van der Waals surface area contributed by atoms with Gasteiger partial charge in [0.2, 0.25) is 0 Å². The summed E-state index contributed by atoms with van der Waals surface area (Å²) in [6, 6.07) is 6.64. The van der Waals surface area contributed by atoms with Crippen LogP contribution < -0.4 is 4.90 Å². The Morgan fingerprint density at radius 3 is 2.54 bits per heavy atom. The highest BCUT2D eigenvalue weighted by Gasteiger charge is 2.36. The summed E-state index contributed by atoms with van der Waals surface area (Å²) in [5.41, 5.74) is 3.53. The van der Waals surface area contributed by atoms with Crippen molar-refractivity contribution < 1.29 is 9.53 Å². The predicted octanol–water partition coefficient (Wildman–Crippen LogP) is 6.81. The van der Waals surface area contributed by atoms with E-state index in [1.165, 1.54) is 31.2 Å². The minimum absolute atomic E-state index is 0.142. The van der Waals surface area contributed by atoms with Gasteiger partial charge in [-0.3, -0.25) is 9.97 Å². The van der Waals surface area contributed by atoms with Crippen LogP contribution in [0.3, 0.4) is 0 Å². The monoisotopic (exact) mass is 574 g/mol. The average molecular weight is 575 g/mol. The molecule has 1 aliphatic heterocycles. The fourth-order valence-electron chi connectivity index (χ4n) is 5.57. The molecule has 0 radical (unpaired) electrons. The van der Waals surface area contributed by atoms with Gasteiger partial charge in [-0.1, -0.05) is 11.3 Å².